The molecule has 0 saturated carbocycles. The van der Waals surface area contributed by atoms with Gasteiger partial charge < -0.3 is 15.4 Å². The predicted octanol–water partition coefficient (Wildman–Crippen LogP) is 4.19. The highest BCUT2D eigenvalue weighted by atomic mass is 127. The summed E-state index contributed by atoms with van der Waals surface area (Å²) in [5.41, 5.74) is 0.902. The zero-order valence-corrected chi connectivity index (χ0v) is 20.0. The summed E-state index contributed by atoms with van der Waals surface area (Å²) < 4.78 is 19.5. The van der Waals surface area contributed by atoms with Crippen molar-refractivity contribution in [2.75, 3.05) is 39.1 Å². The Kier molecular flexibility index (Phi) is 10.4. The summed E-state index contributed by atoms with van der Waals surface area (Å²) in [6.07, 6.45) is 3.86. The minimum Gasteiger partial charge on any atom is -0.381 e. The van der Waals surface area contributed by atoms with Gasteiger partial charge in [0.15, 0.2) is 5.96 Å². The number of hydrogen-bond acceptors (Lipinski definition) is 3. The monoisotopic (exact) mass is 509 g/mol. The molecule has 0 radical (unpaired) electrons. The highest BCUT2D eigenvalue weighted by molar-refractivity contribution is 14.0. The Hall–Kier alpha value is -0.540. The normalized spacial score (nSPS) is 17.1. The predicted molar refractivity (Wildman–Crippen MR) is 125 cm³/mol. The Labute approximate surface area is 184 Å². The number of halogens is 2. The fraction of sp³-hybridized carbons (Fsp3) is 0.650. The molecule has 1 heterocycles. The molecule has 2 rings (SSSR count). The maximum Gasteiger partial charge on any atom is 0.191 e. The number of benzene rings is 1. The molecule has 1 aliphatic rings. The van der Waals surface area contributed by atoms with Crippen LogP contribution in [0.25, 0.3) is 0 Å². The van der Waals surface area contributed by atoms with Crippen LogP contribution in [0.2, 0.25) is 0 Å². The Morgan fingerprint density at radius 1 is 1.30 bits per heavy atom. The maximum atomic E-state index is 13.8. The molecule has 0 aliphatic carbocycles. The van der Waals surface area contributed by atoms with E-state index < -0.39 is 0 Å². The summed E-state index contributed by atoms with van der Waals surface area (Å²) in [4.78, 5) is 4.75. The summed E-state index contributed by atoms with van der Waals surface area (Å²) in [7, 11) is 0. The maximum absolute atomic E-state index is 13.8. The molecule has 1 saturated heterocycles. The van der Waals surface area contributed by atoms with Gasteiger partial charge in [0.2, 0.25) is 0 Å². The number of hydrogen-bond donors (Lipinski definition) is 2. The molecule has 2 N–H and O–H groups in total. The van der Waals surface area contributed by atoms with Gasteiger partial charge in [-0.3, -0.25) is 4.99 Å². The van der Waals surface area contributed by atoms with Gasteiger partial charge >= 0.3 is 0 Å². The molecule has 0 amide bonds. The first-order valence-corrected chi connectivity index (χ1v) is 10.5. The van der Waals surface area contributed by atoms with Gasteiger partial charge in [-0.25, -0.2) is 4.39 Å². The lowest BCUT2D eigenvalue weighted by Gasteiger charge is -2.38. The lowest BCUT2D eigenvalue weighted by molar-refractivity contribution is 0.0513. The first-order valence-electron chi connectivity index (χ1n) is 9.32. The fourth-order valence-electron chi connectivity index (χ4n) is 3.08. The van der Waals surface area contributed by atoms with Gasteiger partial charge in [0.05, 0.1) is 6.54 Å². The van der Waals surface area contributed by atoms with Crippen LogP contribution in [0.3, 0.4) is 0 Å². The molecule has 0 atom stereocenters. The van der Waals surface area contributed by atoms with Crippen LogP contribution in [0.15, 0.2) is 29.3 Å². The molecule has 0 spiro atoms. The molecule has 27 heavy (non-hydrogen) atoms. The molecule has 4 nitrogen and oxygen atoms in total. The third kappa shape index (κ3) is 7.42. The van der Waals surface area contributed by atoms with E-state index in [0.717, 1.165) is 37.5 Å². The Morgan fingerprint density at radius 3 is 2.59 bits per heavy atom. The summed E-state index contributed by atoms with van der Waals surface area (Å²) in [6.45, 7) is 10.1. The highest BCUT2D eigenvalue weighted by Crippen LogP contribution is 2.34. The molecule has 1 aromatic carbocycles. The van der Waals surface area contributed by atoms with Crippen molar-refractivity contribution in [3.63, 3.8) is 0 Å². The van der Waals surface area contributed by atoms with Crippen LogP contribution in [0, 0.1) is 5.82 Å². The van der Waals surface area contributed by atoms with E-state index in [-0.39, 0.29) is 40.0 Å². The quantitative estimate of drug-likeness (QED) is 0.329. The topological polar surface area (TPSA) is 45.7 Å². The van der Waals surface area contributed by atoms with E-state index in [0.29, 0.717) is 19.8 Å². The molecular formula is C20H33FIN3OS. The van der Waals surface area contributed by atoms with Crippen LogP contribution in [0.1, 0.15) is 39.2 Å². The van der Waals surface area contributed by atoms with Crippen molar-refractivity contribution in [3.05, 3.63) is 35.6 Å². The second kappa shape index (κ2) is 11.5. The van der Waals surface area contributed by atoms with E-state index in [1.165, 1.54) is 6.07 Å². The average molecular weight is 509 g/mol. The van der Waals surface area contributed by atoms with Crippen molar-refractivity contribution in [2.45, 2.75) is 43.8 Å². The lowest BCUT2D eigenvalue weighted by Crippen LogP contribution is -2.48. The van der Waals surface area contributed by atoms with Crippen LogP contribution in [0.4, 0.5) is 4.39 Å². The van der Waals surface area contributed by atoms with Gasteiger partial charge in [-0.05, 0) is 57.6 Å². The smallest absolute Gasteiger partial charge is 0.191 e. The molecular weight excluding hydrogens is 476 g/mol. The molecule has 7 heteroatoms. The van der Waals surface area contributed by atoms with Crippen LogP contribution in [-0.2, 0) is 10.2 Å². The first kappa shape index (κ1) is 24.5. The summed E-state index contributed by atoms with van der Waals surface area (Å²) in [6, 6.07) is 6.98. The second-order valence-electron chi connectivity index (χ2n) is 7.42. The number of nitrogens with one attached hydrogen (secondary N) is 2. The van der Waals surface area contributed by atoms with Gasteiger partial charge in [0, 0.05) is 36.5 Å². The minimum atomic E-state index is -0.185. The SMILES string of the molecule is CCNC(=NCC(C)(C)SC)NCC1(c2cccc(F)c2)CCOCC1.I. The van der Waals surface area contributed by atoms with Crippen molar-refractivity contribution in [3.8, 4) is 0 Å². The van der Waals surface area contributed by atoms with Gasteiger partial charge in [0.1, 0.15) is 5.82 Å². The van der Waals surface area contributed by atoms with E-state index in [2.05, 4.69) is 37.7 Å². The van der Waals surface area contributed by atoms with E-state index in [1.807, 2.05) is 17.8 Å². The largest absolute Gasteiger partial charge is 0.381 e. The van der Waals surface area contributed by atoms with Crippen LogP contribution < -0.4 is 10.6 Å². The minimum absolute atomic E-state index is 0. The molecule has 1 aliphatic heterocycles. The Balaban J connectivity index is 0.00000364. The standard InChI is InChI=1S/C20H32FN3OS.HI/c1-5-22-18(23-14-19(2,3)26-4)24-15-20(9-11-25-12-10-20)16-7-6-8-17(21)13-16;/h6-8,13H,5,9-12,14-15H2,1-4H3,(H2,22,23,24);1H. The van der Waals surface area contributed by atoms with Crippen molar-refractivity contribution in [2.24, 2.45) is 4.99 Å². The summed E-state index contributed by atoms with van der Waals surface area (Å²) in [5, 5.41) is 6.82. The van der Waals surface area contributed by atoms with Gasteiger partial charge in [-0.1, -0.05) is 12.1 Å². The number of nitrogens with zero attached hydrogens (tertiary/aromatic N) is 1. The Bertz CT molecular complexity index is 607. The fourth-order valence-corrected chi connectivity index (χ4v) is 3.27. The number of thioether (sulfide) groups is 1. The van der Waals surface area contributed by atoms with E-state index in [1.54, 1.807) is 12.1 Å². The zero-order chi connectivity index (χ0) is 19.0. The van der Waals surface area contributed by atoms with Crippen molar-refractivity contribution in [1.82, 2.24) is 10.6 Å². The summed E-state index contributed by atoms with van der Waals surface area (Å²) >= 11 is 1.81. The molecule has 154 valence electrons. The van der Waals surface area contributed by atoms with E-state index >= 15 is 0 Å². The van der Waals surface area contributed by atoms with Crippen molar-refractivity contribution >= 4 is 41.7 Å². The van der Waals surface area contributed by atoms with Crippen LogP contribution in [-0.4, -0.2) is 49.8 Å². The number of ether oxygens (including phenoxy) is 1. The molecule has 1 aromatic rings. The van der Waals surface area contributed by atoms with Gasteiger partial charge in [-0.15, -0.1) is 24.0 Å². The first-order chi connectivity index (χ1) is 12.4. The van der Waals surface area contributed by atoms with Crippen LogP contribution in [0.5, 0.6) is 0 Å². The molecule has 0 bridgehead atoms. The summed E-state index contributed by atoms with van der Waals surface area (Å²) in [5.74, 6) is 0.632. The van der Waals surface area contributed by atoms with Gasteiger partial charge in [0.25, 0.3) is 0 Å². The Morgan fingerprint density at radius 2 is 2.00 bits per heavy atom. The number of aliphatic imine (C=N–C) groups is 1. The van der Waals surface area contributed by atoms with Crippen LogP contribution >= 0.6 is 35.7 Å². The third-order valence-corrected chi connectivity index (χ3v) is 6.23. The zero-order valence-electron chi connectivity index (χ0n) is 16.8. The number of rotatable bonds is 7. The van der Waals surface area contributed by atoms with Crippen molar-refractivity contribution < 1.29 is 9.13 Å². The lowest BCUT2D eigenvalue weighted by atomic mass is 9.74. The second-order valence-corrected chi connectivity index (χ2v) is 8.93. The number of guanidine groups is 1. The molecule has 0 aromatic heterocycles. The van der Waals surface area contributed by atoms with E-state index in [9.17, 15) is 4.39 Å². The average Bonchev–Trinajstić information content (AvgIpc) is 2.65. The van der Waals surface area contributed by atoms with Gasteiger partial charge in [-0.2, -0.15) is 11.8 Å². The highest BCUT2D eigenvalue weighted by Gasteiger charge is 2.35. The van der Waals surface area contributed by atoms with Crippen molar-refractivity contribution in [1.29, 1.82) is 0 Å². The molecule has 0 unspecified atom stereocenters. The third-order valence-electron chi connectivity index (χ3n) is 5.00. The van der Waals surface area contributed by atoms with E-state index in [4.69, 9.17) is 9.73 Å². The molecule has 1 fully saturated rings.